The van der Waals surface area contributed by atoms with Crippen molar-refractivity contribution in [3.05, 3.63) is 77.7 Å². The van der Waals surface area contributed by atoms with Gasteiger partial charge in [-0.05, 0) is 53.3 Å². The Hall–Kier alpha value is -3.06. The quantitative estimate of drug-likeness (QED) is 0.553. The van der Waals surface area contributed by atoms with E-state index in [-0.39, 0.29) is 17.5 Å². The van der Waals surface area contributed by atoms with Crippen molar-refractivity contribution >= 4 is 33.5 Å². The summed E-state index contributed by atoms with van der Waals surface area (Å²) in [6.45, 7) is 15.3. The smallest absolute Gasteiger partial charge is 0.319 e. The monoisotopic (exact) mass is 427 g/mol. The van der Waals surface area contributed by atoms with Gasteiger partial charge in [-0.15, -0.1) is 0 Å². The Morgan fingerprint density at radius 2 is 1.70 bits per heavy atom. The number of rotatable bonds is 7. The first-order chi connectivity index (χ1) is 13.9. The molecule has 7 heteroatoms. The Bertz CT molecular complexity index is 1040. The molecule has 0 fully saturated rings. The maximum Gasteiger partial charge on any atom is 0.319 e. The van der Waals surface area contributed by atoms with Crippen molar-refractivity contribution in [1.82, 2.24) is 5.32 Å². The van der Waals surface area contributed by atoms with Crippen LogP contribution in [0.5, 0.6) is 0 Å². The van der Waals surface area contributed by atoms with Gasteiger partial charge in [0.2, 0.25) is 0 Å². The van der Waals surface area contributed by atoms with Crippen LogP contribution in [0.2, 0.25) is 0 Å². The minimum absolute atomic E-state index is 0.0458. The van der Waals surface area contributed by atoms with Crippen LogP contribution in [-0.4, -0.2) is 14.4 Å². The van der Waals surface area contributed by atoms with Gasteiger partial charge in [0.05, 0.1) is 11.7 Å². The van der Waals surface area contributed by atoms with Gasteiger partial charge in [0.1, 0.15) is 0 Å². The number of benzene rings is 2. The molecule has 0 bridgehead atoms. The predicted octanol–water partition coefficient (Wildman–Crippen LogP) is 5.40. The number of hydrogen-bond donors (Lipinski definition) is 3. The number of carbonyl (C=O) groups is 1. The molecule has 2 amide bonds. The van der Waals surface area contributed by atoms with Crippen LogP contribution < -0.4 is 15.4 Å². The zero-order valence-electron chi connectivity index (χ0n) is 17.8. The van der Waals surface area contributed by atoms with E-state index in [1.54, 1.807) is 24.3 Å². The lowest BCUT2D eigenvalue weighted by Gasteiger charge is -2.20. The van der Waals surface area contributed by atoms with Crippen molar-refractivity contribution < 1.29 is 13.2 Å². The maximum atomic E-state index is 12.4. The Kier molecular flexibility index (Phi) is 7.10. The summed E-state index contributed by atoms with van der Waals surface area (Å²) in [6.07, 6.45) is 1.55. The molecule has 6 nitrogen and oxygen atoms in total. The van der Waals surface area contributed by atoms with Gasteiger partial charge in [0, 0.05) is 11.1 Å². The zero-order chi connectivity index (χ0) is 22.5. The summed E-state index contributed by atoms with van der Waals surface area (Å²) in [4.78, 5) is 12.4. The van der Waals surface area contributed by atoms with Crippen molar-refractivity contribution in [1.29, 1.82) is 0 Å². The van der Waals surface area contributed by atoms with Crippen LogP contribution in [0.15, 0.2) is 61.0 Å². The van der Waals surface area contributed by atoms with E-state index in [0.717, 1.165) is 11.0 Å². The van der Waals surface area contributed by atoms with E-state index in [1.165, 1.54) is 5.56 Å². The molecule has 0 heterocycles. The van der Waals surface area contributed by atoms with Crippen LogP contribution in [0, 0.1) is 0 Å². The van der Waals surface area contributed by atoms with E-state index in [1.807, 2.05) is 31.2 Å². The highest BCUT2D eigenvalue weighted by atomic mass is 32.2. The number of hydrogen-bond acceptors (Lipinski definition) is 3. The predicted molar refractivity (Wildman–Crippen MR) is 125 cm³/mol. The van der Waals surface area contributed by atoms with E-state index >= 15 is 0 Å². The number of amides is 2. The molecule has 160 valence electrons. The first-order valence-corrected chi connectivity index (χ1v) is 11.1. The molecule has 2 aromatic carbocycles. The summed E-state index contributed by atoms with van der Waals surface area (Å²) in [5, 5.41) is 6.55. The molecule has 1 unspecified atom stereocenters. The normalized spacial score (nSPS) is 12.5. The summed E-state index contributed by atoms with van der Waals surface area (Å²) in [6, 6.07) is 12.3. The molecule has 2 aromatic rings. The summed E-state index contributed by atoms with van der Waals surface area (Å²) in [5.74, 6) is 0. The highest BCUT2D eigenvalue weighted by Crippen LogP contribution is 2.25. The summed E-state index contributed by atoms with van der Waals surface area (Å²) < 4.78 is 25.9. The second-order valence-corrected chi connectivity index (χ2v) is 9.64. The van der Waals surface area contributed by atoms with Gasteiger partial charge in [-0.1, -0.05) is 58.2 Å². The molecular weight excluding hydrogens is 398 g/mol. The van der Waals surface area contributed by atoms with Gasteiger partial charge < -0.3 is 10.6 Å². The van der Waals surface area contributed by atoms with Gasteiger partial charge in [0.25, 0.3) is 10.0 Å². The number of urea groups is 1. The van der Waals surface area contributed by atoms with Gasteiger partial charge >= 0.3 is 6.03 Å². The van der Waals surface area contributed by atoms with E-state index in [2.05, 4.69) is 49.3 Å². The van der Waals surface area contributed by atoms with E-state index in [0.29, 0.717) is 16.9 Å². The lowest BCUT2D eigenvalue weighted by molar-refractivity contribution is 0.249. The average molecular weight is 428 g/mol. The van der Waals surface area contributed by atoms with Crippen LogP contribution in [-0.2, 0) is 15.4 Å². The molecule has 0 aliphatic carbocycles. The van der Waals surface area contributed by atoms with Gasteiger partial charge in [-0.2, -0.15) is 0 Å². The van der Waals surface area contributed by atoms with Crippen molar-refractivity contribution in [2.24, 2.45) is 0 Å². The van der Waals surface area contributed by atoms with Gasteiger partial charge in [-0.3, -0.25) is 4.72 Å². The molecule has 0 spiro atoms. The standard InChI is InChI=1S/C23H29N3O3S/c1-7-17-15-18(9-14-21(17)26-30(28,29)8-2)16(3)24-22(27)25-20-12-10-19(11-13-20)23(4,5)6/h7-16,26H,1-2H2,3-6H3,(H2,24,25,27). The van der Waals surface area contributed by atoms with Crippen molar-refractivity contribution in [3.63, 3.8) is 0 Å². The second-order valence-electron chi connectivity index (χ2n) is 8.01. The first kappa shape index (κ1) is 23.2. The fourth-order valence-electron chi connectivity index (χ4n) is 2.81. The molecule has 0 aliphatic rings. The molecule has 0 saturated carbocycles. The Morgan fingerprint density at radius 1 is 1.07 bits per heavy atom. The van der Waals surface area contributed by atoms with Crippen LogP contribution >= 0.6 is 0 Å². The SMILES string of the molecule is C=Cc1cc(C(C)NC(=O)Nc2ccc(C(C)(C)C)cc2)ccc1NS(=O)(=O)C=C. The molecule has 2 rings (SSSR count). The Balaban J connectivity index is 2.08. The molecule has 30 heavy (non-hydrogen) atoms. The van der Waals surface area contributed by atoms with Crippen LogP contribution in [0.3, 0.4) is 0 Å². The van der Waals surface area contributed by atoms with Crippen molar-refractivity contribution in [2.45, 2.75) is 39.2 Å². The fourth-order valence-corrected chi connectivity index (χ4v) is 3.38. The number of sulfonamides is 1. The second kappa shape index (κ2) is 9.17. The van der Waals surface area contributed by atoms with Crippen LogP contribution in [0.1, 0.15) is 50.4 Å². The van der Waals surface area contributed by atoms with Crippen LogP contribution in [0.25, 0.3) is 6.08 Å². The van der Waals surface area contributed by atoms with Crippen LogP contribution in [0.4, 0.5) is 16.2 Å². The third-order valence-electron chi connectivity index (χ3n) is 4.62. The number of anilines is 2. The Morgan fingerprint density at radius 3 is 2.23 bits per heavy atom. The highest BCUT2D eigenvalue weighted by Gasteiger charge is 2.15. The minimum Gasteiger partial charge on any atom is -0.331 e. The topological polar surface area (TPSA) is 87.3 Å². The maximum absolute atomic E-state index is 12.4. The highest BCUT2D eigenvalue weighted by molar-refractivity contribution is 7.95. The third-order valence-corrected chi connectivity index (χ3v) is 5.57. The summed E-state index contributed by atoms with van der Waals surface area (Å²) in [7, 11) is -3.62. The molecule has 0 aromatic heterocycles. The molecule has 0 saturated heterocycles. The first-order valence-electron chi connectivity index (χ1n) is 9.55. The number of nitrogens with one attached hydrogen (secondary N) is 3. The molecule has 0 aliphatic heterocycles. The van der Waals surface area contributed by atoms with Crippen molar-refractivity contribution in [2.75, 3.05) is 10.0 Å². The zero-order valence-corrected chi connectivity index (χ0v) is 18.6. The van der Waals surface area contributed by atoms with Crippen molar-refractivity contribution in [3.8, 4) is 0 Å². The number of carbonyl (C=O) groups excluding carboxylic acids is 1. The largest absolute Gasteiger partial charge is 0.331 e. The molecule has 0 radical (unpaired) electrons. The van der Waals surface area contributed by atoms with E-state index < -0.39 is 10.0 Å². The van der Waals surface area contributed by atoms with Gasteiger partial charge in [-0.25, -0.2) is 13.2 Å². The third kappa shape index (κ3) is 6.22. The average Bonchev–Trinajstić information content (AvgIpc) is 2.67. The summed E-state index contributed by atoms with van der Waals surface area (Å²) >= 11 is 0. The lowest BCUT2D eigenvalue weighted by Crippen LogP contribution is -2.31. The fraction of sp³-hybridized carbons (Fsp3) is 0.261. The minimum atomic E-state index is -3.62. The molecular formula is C23H29N3O3S. The lowest BCUT2D eigenvalue weighted by atomic mass is 9.87. The van der Waals surface area contributed by atoms with E-state index in [9.17, 15) is 13.2 Å². The molecule has 3 N–H and O–H groups in total. The van der Waals surface area contributed by atoms with Gasteiger partial charge in [0.15, 0.2) is 0 Å². The van der Waals surface area contributed by atoms with E-state index in [4.69, 9.17) is 0 Å². The Labute approximate surface area is 179 Å². The molecule has 1 atom stereocenters. The summed E-state index contributed by atoms with van der Waals surface area (Å²) in [5.41, 5.74) is 3.74.